The predicted molar refractivity (Wildman–Crippen MR) is 68.0 cm³/mol. The van der Waals surface area contributed by atoms with Crippen molar-refractivity contribution in [2.24, 2.45) is 5.92 Å². The van der Waals surface area contributed by atoms with E-state index in [9.17, 15) is 0 Å². The third-order valence-electron chi connectivity index (χ3n) is 3.12. The van der Waals surface area contributed by atoms with Crippen LogP contribution in [0.1, 0.15) is 18.9 Å². The van der Waals surface area contributed by atoms with E-state index >= 15 is 0 Å². The number of pyridine rings is 1. The minimum absolute atomic E-state index is 0.335. The molecule has 90 valence electrons. The average Bonchev–Trinajstić information content (AvgIpc) is 2.34. The summed E-state index contributed by atoms with van der Waals surface area (Å²) in [5.41, 5.74) is 0.482. The van der Waals surface area contributed by atoms with Gasteiger partial charge >= 0.3 is 0 Å². The Labute approximate surface area is 106 Å². The Morgan fingerprint density at radius 3 is 3.12 bits per heavy atom. The molecule has 0 radical (unpaired) electrons. The number of rotatable bonds is 2. The van der Waals surface area contributed by atoms with Gasteiger partial charge in [0.2, 0.25) is 0 Å². The highest BCUT2D eigenvalue weighted by Crippen LogP contribution is 2.23. The number of nitriles is 1. The van der Waals surface area contributed by atoms with E-state index in [1.165, 1.54) is 6.20 Å². The lowest BCUT2D eigenvalue weighted by Crippen LogP contribution is -2.44. The molecule has 17 heavy (non-hydrogen) atoms. The lowest BCUT2D eigenvalue weighted by Gasteiger charge is -2.30. The molecule has 0 bridgehead atoms. The quantitative estimate of drug-likeness (QED) is 0.843. The Bertz CT molecular complexity index is 441. The van der Waals surface area contributed by atoms with Crippen LogP contribution >= 0.6 is 11.6 Å². The van der Waals surface area contributed by atoms with Gasteiger partial charge in [0.05, 0.1) is 10.6 Å². The molecular formula is C12H15ClN4. The van der Waals surface area contributed by atoms with Crippen LogP contribution in [0.2, 0.25) is 5.02 Å². The first-order chi connectivity index (χ1) is 8.20. The van der Waals surface area contributed by atoms with Crippen LogP contribution in [-0.4, -0.2) is 24.1 Å². The molecule has 1 aromatic rings. The number of hydrogen-bond acceptors (Lipinski definition) is 4. The smallest absolute Gasteiger partial charge is 0.145 e. The van der Waals surface area contributed by atoms with E-state index in [2.05, 4.69) is 22.5 Å². The van der Waals surface area contributed by atoms with Crippen molar-refractivity contribution in [3.63, 3.8) is 0 Å². The highest BCUT2D eigenvalue weighted by Gasteiger charge is 2.21. The molecule has 1 aromatic heterocycles. The molecule has 1 saturated heterocycles. The van der Waals surface area contributed by atoms with Crippen LogP contribution in [0.4, 0.5) is 5.82 Å². The Balaban J connectivity index is 2.10. The molecule has 0 aliphatic carbocycles. The molecule has 2 N–H and O–H groups in total. The Hall–Kier alpha value is -1.31. The fourth-order valence-electron chi connectivity index (χ4n) is 1.96. The molecule has 0 saturated carbocycles. The molecule has 1 fully saturated rings. The number of anilines is 1. The molecule has 1 aliphatic heterocycles. The van der Waals surface area contributed by atoms with Gasteiger partial charge in [0.15, 0.2) is 0 Å². The number of hydrogen-bond donors (Lipinski definition) is 2. The van der Waals surface area contributed by atoms with Gasteiger partial charge in [0, 0.05) is 18.8 Å². The Morgan fingerprint density at radius 2 is 2.47 bits per heavy atom. The van der Waals surface area contributed by atoms with Gasteiger partial charge in [0.25, 0.3) is 0 Å². The summed E-state index contributed by atoms with van der Waals surface area (Å²) in [6.45, 7) is 4.20. The molecule has 2 unspecified atom stereocenters. The minimum atomic E-state index is 0.335. The Kier molecular flexibility index (Phi) is 3.82. The average molecular weight is 251 g/mol. The minimum Gasteiger partial charge on any atom is -0.365 e. The zero-order valence-corrected chi connectivity index (χ0v) is 10.5. The second-order valence-electron chi connectivity index (χ2n) is 4.39. The molecule has 5 heteroatoms. The summed E-state index contributed by atoms with van der Waals surface area (Å²) >= 11 is 6.08. The van der Waals surface area contributed by atoms with Crippen molar-refractivity contribution in [1.82, 2.24) is 10.3 Å². The van der Waals surface area contributed by atoms with Gasteiger partial charge in [-0.1, -0.05) is 18.5 Å². The molecule has 0 amide bonds. The van der Waals surface area contributed by atoms with Crippen molar-refractivity contribution >= 4 is 17.4 Å². The third kappa shape index (κ3) is 2.87. The third-order valence-corrected chi connectivity index (χ3v) is 3.41. The van der Waals surface area contributed by atoms with E-state index in [0.717, 1.165) is 19.5 Å². The molecule has 0 spiro atoms. The largest absolute Gasteiger partial charge is 0.365 e. The van der Waals surface area contributed by atoms with Crippen LogP contribution in [-0.2, 0) is 0 Å². The fourth-order valence-corrected chi connectivity index (χ4v) is 2.18. The van der Waals surface area contributed by atoms with Crippen LogP contribution < -0.4 is 10.6 Å². The number of piperidine rings is 1. The van der Waals surface area contributed by atoms with Gasteiger partial charge in [-0.3, -0.25) is 0 Å². The van der Waals surface area contributed by atoms with Crippen molar-refractivity contribution in [3.05, 3.63) is 22.8 Å². The molecule has 2 heterocycles. The monoisotopic (exact) mass is 250 g/mol. The normalized spacial score (nSPS) is 24.1. The lowest BCUT2D eigenvalue weighted by atomic mass is 9.95. The second-order valence-corrected chi connectivity index (χ2v) is 4.79. The fraction of sp³-hybridized carbons (Fsp3) is 0.500. The van der Waals surface area contributed by atoms with Gasteiger partial charge in [0.1, 0.15) is 11.9 Å². The van der Waals surface area contributed by atoms with Crippen molar-refractivity contribution < 1.29 is 0 Å². The van der Waals surface area contributed by atoms with E-state index in [1.54, 1.807) is 6.07 Å². The second kappa shape index (κ2) is 5.35. The molecule has 2 atom stereocenters. The van der Waals surface area contributed by atoms with Crippen molar-refractivity contribution in [2.75, 3.05) is 18.4 Å². The molecule has 0 aromatic carbocycles. The molecule has 4 nitrogen and oxygen atoms in total. The van der Waals surface area contributed by atoms with E-state index in [1.807, 2.05) is 6.07 Å². The molecular weight excluding hydrogens is 236 g/mol. The summed E-state index contributed by atoms with van der Waals surface area (Å²) in [7, 11) is 0. The maximum Gasteiger partial charge on any atom is 0.145 e. The van der Waals surface area contributed by atoms with E-state index < -0.39 is 0 Å². The summed E-state index contributed by atoms with van der Waals surface area (Å²) in [5.74, 6) is 1.25. The van der Waals surface area contributed by atoms with Crippen LogP contribution in [0.25, 0.3) is 0 Å². The molecule has 1 aliphatic rings. The first kappa shape index (κ1) is 12.2. The maximum atomic E-state index is 8.74. The topological polar surface area (TPSA) is 60.7 Å². The first-order valence-corrected chi connectivity index (χ1v) is 6.11. The van der Waals surface area contributed by atoms with Gasteiger partial charge in [-0.05, 0) is 24.9 Å². The predicted octanol–water partition coefficient (Wildman–Crippen LogP) is 2.02. The van der Waals surface area contributed by atoms with E-state index in [0.29, 0.717) is 28.4 Å². The van der Waals surface area contributed by atoms with Crippen molar-refractivity contribution in [1.29, 1.82) is 5.26 Å². The highest BCUT2D eigenvalue weighted by molar-refractivity contribution is 6.33. The van der Waals surface area contributed by atoms with Gasteiger partial charge in [-0.15, -0.1) is 0 Å². The summed E-state index contributed by atoms with van der Waals surface area (Å²) in [6, 6.07) is 3.99. The number of nitrogens with one attached hydrogen (secondary N) is 2. The van der Waals surface area contributed by atoms with E-state index in [4.69, 9.17) is 16.9 Å². The molecule has 2 rings (SSSR count). The number of halogens is 1. The van der Waals surface area contributed by atoms with E-state index in [-0.39, 0.29) is 0 Å². The van der Waals surface area contributed by atoms with Crippen LogP contribution in [0.3, 0.4) is 0 Å². The summed E-state index contributed by atoms with van der Waals surface area (Å²) in [4.78, 5) is 4.18. The van der Waals surface area contributed by atoms with Crippen LogP contribution in [0.5, 0.6) is 0 Å². The van der Waals surface area contributed by atoms with Crippen molar-refractivity contribution in [3.8, 4) is 6.07 Å². The summed E-state index contributed by atoms with van der Waals surface area (Å²) in [5, 5.41) is 15.9. The van der Waals surface area contributed by atoms with Crippen LogP contribution in [0, 0.1) is 17.2 Å². The van der Waals surface area contributed by atoms with Gasteiger partial charge in [-0.2, -0.15) is 5.26 Å². The standard InChI is InChI=1S/C12H15ClN4/c1-8-2-3-15-7-11(8)17-12-10(13)4-9(5-14)6-16-12/h4,6,8,11,15H,2-3,7H2,1H3,(H,16,17). The van der Waals surface area contributed by atoms with Crippen molar-refractivity contribution in [2.45, 2.75) is 19.4 Å². The first-order valence-electron chi connectivity index (χ1n) is 5.73. The Morgan fingerprint density at radius 1 is 1.65 bits per heavy atom. The summed E-state index contributed by atoms with van der Waals surface area (Å²) in [6.07, 6.45) is 2.68. The van der Waals surface area contributed by atoms with Gasteiger partial charge in [-0.25, -0.2) is 4.98 Å². The SMILES string of the molecule is CC1CCNCC1Nc1ncc(C#N)cc1Cl. The number of nitrogens with zero attached hydrogens (tertiary/aromatic N) is 2. The zero-order valence-electron chi connectivity index (χ0n) is 9.70. The zero-order chi connectivity index (χ0) is 12.3. The highest BCUT2D eigenvalue weighted by atomic mass is 35.5. The van der Waals surface area contributed by atoms with Crippen LogP contribution in [0.15, 0.2) is 12.3 Å². The van der Waals surface area contributed by atoms with Gasteiger partial charge < -0.3 is 10.6 Å². The summed E-state index contributed by atoms with van der Waals surface area (Å²) < 4.78 is 0. The maximum absolute atomic E-state index is 8.74. The lowest BCUT2D eigenvalue weighted by molar-refractivity contribution is 0.366. The number of aromatic nitrogens is 1.